The van der Waals surface area contributed by atoms with Gasteiger partial charge in [0.05, 0.1) is 0 Å². The number of halogens is 1. The Morgan fingerprint density at radius 2 is 1.92 bits per heavy atom. The zero-order valence-electron chi connectivity index (χ0n) is 15.0. The zero-order chi connectivity index (χ0) is 17.2. The summed E-state index contributed by atoms with van der Waals surface area (Å²) < 4.78 is 0. The summed E-state index contributed by atoms with van der Waals surface area (Å²) in [5.41, 5.74) is 0. The average Bonchev–Trinajstić information content (AvgIpc) is 3.09. The van der Waals surface area contributed by atoms with Crippen LogP contribution in [0.15, 0.2) is 40.2 Å². The second-order valence-electron chi connectivity index (χ2n) is 6.17. The highest BCUT2D eigenvalue weighted by atomic mass is 127. The molecule has 5 nitrogen and oxygen atoms in total. The number of nitrogens with one attached hydrogen (secondary N) is 2. The molecule has 0 heterocycles. The van der Waals surface area contributed by atoms with Crippen molar-refractivity contribution in [2.45, 2.75) is 36.6 Å². The Bertz CT molecular complexity index is 533. The third-order valence-electron chi connectivity index (χ3n) is 3.97. The van der Waals surface area contributed by atoms with Gasteiger partial charge in [0.2, 0.25) is 5.91 Å². The van der Waals surface area contributed by atoms with E-state index in [4.69, 9.17) is 0 Å². The van der Waals surface area contributed by atoms with Crippen molar-refractivity contribution in [3.8, 4) is 0 Å². The third-order valence-corrected chi connectivity index (χ3v) is 4.99. The fourth-order valence-electron chi connectivity index (χ4n) is 2.56. The molecule has 0 aromatic heterocycles. The Hall–Kier alpha value is -0.960. The average molecular weight is 476 g/mol. The molecule has 1 fully saturated rings. The zero-order valence-corrected chi connectivity index (χ0v) is 18.2. The Balaban J connectivity index is 0.00000312. The summed E-state index contributed by atoms with van der Waals surface area (Å²) in [6.45, 7) is 0.995. The minimum atomic E-state index is 0. The van der Waals surface area contributed by atoms with Gasteiger partial charge in [0.15, 0.2) is 5.96 Å². The number of amides is 1. The van der Waals surface area contributed by atoms with E-state index in [1.54, 1.807) is 19.0 Å². The molecule has 0 unspecified atom stereocenters. The fraction of sp³-hybridized carbons (Fsp3) is 0.556. The highest BCUT2D eigenvalue weighted by molar-refractivity contribution is 14.0. The SMILES string of the molecule is CN(C)C(=O)CN=C(NCCSc1ccccc1)NC1CCCC1.I. The number of hydrogen-bond acceptors (Lipinski definition) is 3. The molecule has 140 valence electrons. The number of carbonyl (C=O) groups is 1. The van der Waals surface area contributed by atoms with Crippen molar-refractivity contribution in [1.82, 2.24) is 15.5 Å². The monoisotopic (exact) mass is 476 g/mol. The topological polar surface area (TPSA) is 56.7 Å². The van der Waals surface area contributed by atoms with E-state index in [0.717, 1.165) is 18.3 Å². The number of hydrogen-bond donors (Lipinski definition) is 2. The molecule has 0 bridgehead atoms. The van der Waals surface area contributed by atoms with Gasteiger partial charge in [0.25, 0.3) is 0 Å². The smallest absolute Gasteiger partial charge is 0.243 e. The predicted octanol–water partition coefficient (Wildman–Crippen LogP) is 2.96. The Labute approximate surface area is 172 Å². The first kappa shape index (κ1) is 22.1. The van der Waals surface area contributed by atoms with Crippen LogP contribution >= 0.6 is 35.7 Å². The number of benzene rings is 1. The van der Waals surface area contributed by atoms with Gasteiger partial charge in [-0.25, -0.2) is 4.99 Å². The maximum atomic E-state index is 11.8. The maximum Gasteiger partial charge on any atom is 0.243 e. The van der Waals surface area contributed by atoms with E-state index in [0.29, 0.717) is 6.04 Å². The van der Waals surface area contributed by atoms with E-state index in [9.17, 15) is 4.79 Å². The lowest BCUT2D eigenvalue weighted by Gasteiger charge is -2.18. The van der Waals surface area contributed by atoms with E-state index in [1.165, 1.54) is 30.6 Å². The number of thioether (sulfide) groups is 1. The maximum absolute atomic E-state index is 11.8. The summed E-state index contributed by atoms with van der Waals surface area (Å²) in [6, 6.07) is 10.8. The third kappa shape index (κ3) is 8.80. The number of likely N-dealkylation sites (N-methyl/N-ethyl adjacent to an activating group) is 1. The summed E-state index contributed by atoms with van der Waals surface area (Å²) in [6.07, 6.45) is 4.90. The van der Waals surface area contributed by atoms with Gasteiger partial charge in [-0.1, -0.05) is 31.0 Å². The van der Waals surface area contributed by atoms with Gasteiger partial charge in [0, 0.05) is 37.3 Å². The van der Waals surface area contributed by atoms with Gasteiger partial charge in [-0.2, -0.15) is 0 Å². The van der Waals surface area contributed by atoms with Crippen molar-refractivity contribution in [2.24, 2.45) is 4.99 Å². The molecule has 0 spiro atoms. The van der Waals surface area contributed by atoms with Crippen molar-refractivity contribution in [2.75, 3.05) is 32.9 Å². The van der Waals surface area contributed by atoms with Crippen LogP contribution in [-0.2, 0) is 4.79 Å². The largest absolute Gasteiger partial charge is 0.356 e. The standard InChI is InChI=1S/C18H28N4OS.HI/c1-22(2)17(23)14-20-18(21-15-8-6-7-9-15)19-12-13-24-16-10-4-3-5-11-16;/h3-5,10-11,15H,6-9,12-14H2,1-2H3,(H2,19,20,21);1H. The molecular formula is C18H29IN4OS. The molecule has 1 saturated carbocycles. The van der Waals surface area contributed by atoms with Gasteiger partial charge in [-0.15, -0.1) is 35.7 Å². The molecular weight excluding hydrogens is 447 g/mol. The molecule has 2 N–H and O–H groups in total. The van der Waals surface area contributed by atoms with Gasteiger partial charge in [0.1, 0.15) is 6.54 Å². The molecule has 1 aliphatic carbocycles. The van der Waals surface area contributed by atoms with E-state index in [2.05, 4.69) is 39.9 Å². The molecule has 0 atom stereocenters. The molecule has 1 amide bonds. The van der Waals surface area contributed by atoms with Crippen LogP contribution in [0.1, 0.15) is 25.7 Å². The minimum Gasteiger partial charge on any atom is -0.356 e. The summed E-state index contributed by atoms with van der Waals surface area (Å²) in [5.74, 6) is 1.73. The molecule has 0 radical (unpaired) electrons. The first-order valence-electron chi connectivity index (χ1n) is 8.58. The molecule has 2 rings (SSSR count). The van der Waals surface area contributed by atoms with Crippen molar-refractivity contribution in [3.63, 3.8) is 0 Å². The van der Waals surface area contributed by atoms with E-state index in [-0.39, 0.29) is 36.4 Å². The van der Waals surface area contributed by atoms with Crippen LogP contribution in [0.3, 0.4) is 0 Å². The van der Waals surface area contributed by atoms with Crippen LogP contribution in [-0.4, -0.2) is 55.7 Å². The highest BCUT2D eigenvalue weighted by Gasteiger charge is 2.16. The quantitative estimate of drug-likeness (QED) is 0.209. The molecule has 7 heteroatoms. The Morgan fingerprint density at radius 3 is 2.56 bits per heavy atom. The van der Waals surface area contributed by atoms with E-state index >= 15 is 0 Å². The normalized spacial score (nSPS) is 14.7. The Morgan fingerprint density at radius 1 is 1.24 bits per heavy atom. The summed E-state index contributed by atoms with van der Waals surface area (Å²) >= 11 is 1.81. The van der Waals surface area contributed by atoms with E-state index in [1.807, 2.05) is 17.8 Å². The van der Waals surface area contributed by atoms with Crippen LogP contribution in [0.2, 0.25) is 0 Å². The van der Waals surface area contributed by atoms with Gasteiger partial charge >= 0.3 is 0 Å². The highest BCUT2D eigenvalue weighted by Crippen LogP contribution is 2.17. The molecule has 1 aromatic rings. The molecule has 1 aliphatic rings. The molecule has 0 saturated heterocycles. The first-order valence-corrected chi connectivity index (χ1v) is 9.56. The van der Waals surface area contributed by atoms with Crippen molar-refractivity contribution < 1.29 is 4.79 Å². The number of nitrogens with zero attached hydrogens (tertiary/aromatic N) is 2. The van der Waals surface area contributed by atoms with Crippen molar-refractivity contribution in [3.05, 3.63) is 30.3 Å². The second kappa shape index (κ2) is 12.4. The van der Waals surface area contributed by atoms with Crippen LogP contribution < -0.4 is 10.6 Å². The van der Waals surface area contributed by atoms with Crippen molar-refractivity contribution in [1.29, 1.82) is 0 Å². The summed E-state index contributed by atoms with van der Waals surface area (Å²) in [7, 11) is 3.51. The van der Waals surface area contributed by atoms with Gasteiger partial charge in [-0.05, 0) is 25.0 Å². The number of guanidine groups is 1. The number of rotatable bonds is 7. The molecule has 0 aliphatic heterocycles. The Kier molecular flexibility index (Phi) is 11.0. The second-order valence-corrected chi connectivity index (χ2v) is 7.34. The van der Waals surface area contributed by atoms with Gasteiger partial charge < -0.3 is 15.5 Å². The van der Waals surface area contributed by atoms with Crippen molar-refractivity contribution >= 4 is 47.6 Å². The summed E-state index contributed by atoms with van der Waals surface area (Å²) in [5, 5.41) is 6.83. The van der Waals surface area contributed by atoms with Crippen LogP contribution in [0, 0.1) is 0 Å². The molecule has 1 aromatic carbocycles. The minimum absolute atomic E-state index is 0. The fourth-order valence-corrected chi connectivity index (χ4v) is 3.35. The summed E-state index contributed by atoms with van der Waals surface area (Å²) in [4.78, 5) is 19.0. The lowest BCUT2D eigenvalue weighted by Crippen LogP contribution is -2.43. The first-order chi connectivity index (χ1) is 11.6. The van der Waals surface area contributed by atoms with Crippen LogP contribution in [0.25, 0.3) is 0 Å². The lowest BCUT2D eigenvalue weighted by atomic mass is 10.2. The number of carbonyl (C=O) groups excluding carboxylic acids is 1. The number of aliphatic imine (C=N–C) groups is 1. The van der Waals surface area contributed by atoms with Crippen LogP contribution in [0.5, 0.6) is 0 Å². The lowest BCUT2D eigenvalue weighted by molar-refractivity contribution is -0.127. The van der Waals surface area contributed by atoms with Gasteiger partial charge in [-0.3, -0.25) is 4.79 Å². The molecule has 25 heavy (non-hydrogen) atoms. The van der Waals surface area contributed by atoms with E-state index < -0.39 is 0 Å². The van der Waals surface area contributed by atoms with Crippen LogP contribution in [0.4, 0.5) is 0 Å². The predicted molar refractivity (Wildman–Crippen MR) is 117 cm³/mol.